The van der Waals surface area contributed by atoms with Gasteiger partial charge in [0.15, 0.2) is 5.78 Å². The summed E-state index contributed by atoms with van der Waals surface area (Å²) in [5.74, 6) is 0.0356. The van der Waals surface area contributed by atoms with E-state index in [1.165, 1.54) is 0 Å². The molecule has 2 aromatic carbocycles. The Bertz CT molecular complexity index is 1510. The maximum absolute atomic E-state index is 13.7. The number of halogens is 1. The fraction of sp³-hybridized carbons (Fsp3) is 0.148. The molecule has 0 aliphatic heterocycles. The molecule has 0 bridgehead atoms. The Morgan fingerprint density at radius 1 is 1.15 bits per heavy atom. The standard InChI is InChI=1S/C27H20BrN3O3/c1-34-26-19(3-2-4-20(26)28)22-23(25(32)17-9-10-17)21-13-18(27(30)33)11-12-31(21)24(22)16-7-5-15(14-29)6-8-16/h2-8,11-13,17H,9-10H2,1H3,(H2,30,33). The number of nitrogens with two attached hydrogens (primary N) is 1. The summed E-state index contributed by atoms with van der Waals surface area (Å²) in [4.78, 5) is 25.7. The van der Waals surface area contributed by atoms with Crippen LogP contribution in [0.1, 0.15) is 39.1 Å². The van der Waals surface area contributed by atoms with Gasteiger partial charge in [0, 0.05) is 28.8 Å². The normalized spacial score (nSPS) is 13.0. The SMILES string of the molecule is COc1c(Br)cccc1-c1c(C(=O)C2CC2)c2cc(C(N)=O)ccn2c1-c1ccc(C#N)cc1. The number of carbonyl (C=O) groups is 2. The van der Waals surface area contributed by atoms with Crippen molar-refractivity contribution in [1.29, 1.82) is 5.26 Å². The van der Waals surface area contributed by atoms with Gasteiger partial charge in [0.2, 0.25) is 5.91 Å². The molecule has 0 saturated heterocycles. The van der Waals surface area contributed by atoms with Crippen LogP contribution in [0.3, 0.4) is 0 Å². The molecule has 1 aliphatic carbocycles. The first kappa shape index (κ1) is 21.9. The highest BCUT2D eigenvalue weighted by molar-refractivity contribution is 9.10. The van der Waals surface area contributed by atoms with Gasteiger partial charge >= 0.3 is 0 Å². The summed E-state index contributed by atoms with van der Waals surface area (Å²) in [6, 6.07) is 18.4. The van der Waals surface area contributed by atoms with Crippen LogP contribution in [0.2, 0.25) is 0 Å². The van der Waals surface area contributed by atoms with Crippen molar-refractivity contribution in [3.63, 3.8) is 0 Å². The number of fused-ring (bicyclic) bond motifs is 1. The van der Waals surface area contributed by atoms with Gasteiger partial charge in [-0.15, -0.1) is 0 Å². The van der Waals surface area contributed by atoms with Crippen LogP contribution < -0.4 is 10.5 Å². The van der Waals surface area contributed by atoms with Gasteiger partial charge in [-0.3, -0.25) is 9.59 Å². The van der Waals surface area contributed by atoms with Crippen LogP contribution in [0.5, 0.6) is 5.75 Å². The van der Waals surface area contributed by atoms with Crippen molar-refractivity contribution in [3.05, 3.63) is 82.0 Å². The molecule has 2 aromatic heterocycles. The minimum absolute atomic E-state index is 0.0380. The molecule has 2 N–H and O–H groups in total. The van der Waals surface area contributed by atoms with Crippen LogP contribution in [0.4, 0.5) is 0 Å². The Morgan fingerprint density at radius 3 is 2.50 bits per heavy atom. The Kier molecular flexibility index (Phi) is 5.46. The van der Waals surface area contributed by atoms with E-state index in [1.807, 2.05) is 34.7 Å². The third-order valence-corrected chi connectivity index (χ3v) is 6.77. The lowest BCUT2D eigenvalue weighted by atomic mass is 9.93. The van der Waals surface area contributed by atoms with Crippen LogP contribution in [-0.4, -0.2) is 23.2 Å². The topological polar surface area (TPSA) is 97.6 Å². The highest BCUT2D eigenvalue weighted by atomic mass is 79.9. The van der Waals surface area contributed by atoms with E-state index in [0.29, 0.717) is 28.0 Å². The molecule has 4 aromatic rings. The number of nitrogens with zero attached hydrogens (tertiary/aromatic N) is 2. The molecule has 2 heterocycles. The van der Waals surface area contributed by atoms with Crippen molar-refractivity contribution in [2.24, 2.45) is 11.7 Å². The van der Waals surface area contributed by atoms with Crippen LogP contribution in [0.15, 0.2) is 65.3 Å². The van der Waals surface area contributed by atoms with Gasteiger partial charge in [0.05, 0.1) is 40.0 Å². The summed E-state index contributed by atoms with van der Waals surface area (Å²) in [6.45, 7) is 0. The summed E-state index contributed by atoms with van der Waals surface area (Å²) in [5, 5.41) is 9.26. The fourth-order valence-electron chi connectivity index (χ4n) is 4.37. The monoisotopic (exact) mass is 513 g/mol. The fourth-order valence-corrected chi connectivity index (χ4v) is 4.90. The number of ether oxygens (including phenoxy) is 1. The van der Waals surface area contributed by atoms with Crippen LogP contribution >= 0.6 is 15.9 Å². The second-order valence-electron chi connectivity index (χ2n) is 8.28. The molecule has 0 spiro atoms. The van der Waals surface area contributed by atoms with Crippen molar-refractivity contribution in [2.75, 3.05) is 7.11 Å². The second-order valence-corrected chi connectivity index (χ2v) is 9.14. The summed E-state index contributed by atoms with van der Waals surface area (Å²) in [7, 11) is 1.59. The van der Waals surface area contributed by atoms with Gasteiger partial charge in [-0.1, -0.05) is 24.3 Å². The molecule has 34 heavy (non-hydrogen) atoms. The van der Waals surface area contributed by atoms with Crippen molar-refractivity contribution in [2.45, 2.75) is 12.8 Å². The average molecular weight is 514 g/mol. The van der Waals surface area contributed by atoms with E-state index < -0.39 is 5.91 Å². The minimum Gasteiger partial charge on any atom is -0.495 e. The molecule has 1 fully saturated rings. The smallest absolute Gasteiger partial charge is 0.248 e. The first-order chi connectivity index (χ1) is 16.4. The van der Waals surface area contributed by atoms with Crippen molar-refractivity contribution in [3.8, 4) is 34.2 Å². The highest BCUT2D eigenvalue weighted by Crippen LogP contribution is 2.47. The van der Waals surface area contributed by atoms with E-state index in [1.54, 1.807) is 37.6 Å². The number of pyridine rings is 1. The molecule has 0 unspecified atom stereocenters. The Hall–Kier alpha value is -3.89. The molecular formula is C27H20BrN3O3. The van der Waals surface area contributed by atoms with Crippen LogP contribution in [0, 0.1) is 17.2 Å². The number of para-hydroxylation sites is 1. The molecule has 7 heteroatoms. The third kappa shape index (κ3) is 3.57. The summed E-state index contributed by atoms with van der Waals surface area (Å²) < 4.78 is 8.42. The molecule has 6 nitrogen and oxygen atoms in total. The molecule has 1 saturated carbocycles. The molecule has 1 amide bonds. The van der Waals surface area contributed by atoms with E-state index in [0.717, 1.165) is 39.7 Å². The lowest BCUT2D eigenvalue weighted by Gasteiger charge is -2.14. The Labute approximate surface area is 204 Å². The highest BCUT2D eigenvalue weighted by Gasteiger charge is 2.36. The van der Waals surface area contributed by atoms with E-state index >= 15 is 0 Å². The number of rotatable bonds is 6. The van der Waals surface area contributed by atoms with E-state index in [2.05, 4.69) is 22.0 Å². The van der Waals surface area contributed by atoms with Gasteiger partial charge in [-0.2, -0.15) is 5.26 Å². The lowest BCUT2D eigenvalue weighted by molar-refractivity contribution is 0.0967. The van der Waals surface area contributed by atoms with Crippen molar-refractivity contribution >= 4 is 33.1 Å². The van der Waals surface area contributed by atoms with Gasteiger partial charge in [-0.25, -0.2) is 0 Å². The number of methoxy groups -OCH3 is 1. The number of amides is 1. The summed E-state index contributed by atoms with van der Waals surface area (Å²) in [5.41, 5.74) is 10.7. The summed E-state index contributed by atoms with van der Waals surface area (Å²) >= 11 is 3.57. The molecule has 0 radical (unpaired) electrons. The Morgan fingerprint density at radius 2 is 1.88 bits per heavy atom. The number of benzene rings is 2. The van der Waals surface area contributed by atoms with Gasteiger partial charge < -0.3 is 14.9 Å². The van der Waals surface area contributed by atoms with Gasteiger partial charge in [0.1, 0.15) is 5.75 Å². The average Bonchev–Trinajstić information content (AvgIpc) is 3.64. The number of Topliss-reactive ketones (excluding diaryl/α,β-unsaturated/α-hetero) is 1. The molecular weight excluding hydrogens is 494 g/mol. The van der Waals surface area contributed by atoms with Crippen LogP contribution in [-0.2, 0) is 0 Å². The maximum atomic E-state index is 13.7. The number of primary amides is 1. The predicted octanol–water partition coefficient (Wildman–Crippen LogP) is 5.61. The predicted molar refractivity (Wildman–Crippen MR) is 133 cm³/mol. The minimum atomic E-state index is -0.560. The largest absolute Gasteiger partial charge is 0.495 e. The zero-order valence-corrected chi connectivity index (χ0v) is 19.9. The van der Waals surface area contributed by atoms with Crippen molar-refractivity contribution in [1.82, 2.24) is 4.40 Å². The van der Waals surface area contributed by atoms with E-state index in [-0.39, 0.29) is 11.7 Å². The lowest BCUT2D eigenvalue weighted by Crippen LogP contribution is -2.11. The number of hydrogen-bond acceptors (Lipinski definition) is 4. The van der Waals surface area contributed by atoms with E-state index in [4.69, 9.17) is 10.5 Å². The van der Waals surface area contributed by atoms with Gasteiger partial charge in [-0.05, 0) is 64.7 Å². The van der Waals surface area contributed by atoms with Crippen LogP contribution in [0.25, 0.3) is 27.9 Å². The zero-order chi connectivity index (χ0) is 24.0. The number of aromatic nitrogens is 1. The maximum Gasteiger partial charge on any atom is 0.248 e. The number of nitriles is 1. The summed E-state index contributed by atoms with van der Waals surface area (Å²) in [6.07, 6.45) is 3.44. The molecule has 1 aliphatic rings. The molecule has 168 valence electrons. The third-order valence-electron chi connectivity index (χ3n) is 6.15. The van der Waals surface area contributed by atoms with E-state index in [9.17, 15) is 14.9 Å². The quantitative estimate of drug-likeness (QED) is 0.339. The first-order valence-electron chi connectivity index (χ1n) is 10.8. The number of ketones is 1. The number of hydrogen-bond donors (Lipinski definition) is 1. The first-order valence-corrected chi connectivity index (χ1v) is 11.6. The van der Waals surface area contributed by atoms with Gasteiger partial charge in [0.25, 0.3) is 0 Å². The molecule has 0 atom stereocenters. The Balaban J connectivity index is 1.95. The second kappa shape index (κ2) is 8.47. The molecule has 5 rings (SSSR count). The zero-order valence-electron chi connectivity index (χ0n) is 18.3. The van der Waals surface area contributed by atoms with Crippen molar-refractivity contribution < 1.29 is 14.3 Å². The number of carbonyl (C=O) groups excluding carboxylic acids is 2.